The normalized spacial score (nSPS) is 14.9. The molecule has 36 heavy (non-hydrogen) atoms. The van der Waals surface area contributed by atoms with E-state index in [0.717, 1.165) is 11.1 Å². The third kappa shape index (κ3) is 4.37. The molecule has 0 aliphatic carbocycles. The van der Waals surface area contributed by atoms with Gasteiger partial charge in [0.2, 0.25) is 0 Å². The number of hydrogen-bond acceptors (Lipinski definition) is 9. The molecule has 1 aliphatic rings. The van der Waals surface area contributed by atoms with Crippen molar-refractivity contribution in [2.24, 2.45) is 0 Å². The van der Waals surface area contributed by atoms with Gasteiger partial charge in [0.1, 0.15) is 29.7 Å². The number of benzene rings is 2. The summed E-state index contributed by atoms with van der Waals surface area (Å²) in [5.74, 6) is 0.826. The van der Waals surface area contributed by atoms with Gasteiger partial charge in [-0.3, -0.25) is 4.98 Å². The van der Waals surface area contributed by atoms with Crippen molar-refractivity contribution in [1.29, 1.82) is 0 Å². The molecule has 9 nitrogen and oxygen atoms in total. The van der Waals surface area contributed by atoms with Gasteiger partial charge in [-0.2, -0.15) is 4.98 Å². The Bertz CT molecular complexity index is 1410. The summed E-state index contributed by atoms with van der Waals surface area (Å²) in [6.07, 6.45) is 1.88. The van der Waals surface area contributed by atoms with Crippen LogP contribution in [0.5, 0.6) is 17.2 Å². The number of halogens is 1. The lowest BCUT2D eigenvalue weighted by Gasteiger charge is -2.35. The molecular formula is C26H24FN3O6. The fraction of sp³-hybridized carbons (Fsp3) is 0.269. The molecule has 0 radical (unpaired) electrons. The topological polar surface area (TPSA) is 96.2 Å². The molecule has 0 unspecified atom stereocenters. The summed E-state index contributed by atoms with van der Waals surface area (Å²) in [6.45, 7) is 0.492. The molecule has 0 spiro atoms. The molecule has 2 aromatic heterocycles. The predicted molar refractivity (Wildman–Crippen MR) is 128 cm³/mol. The first-order chi connectivity index (χ1) is 17.5. The Morgan fingerprint density at radius 2 is 2.00 bits per heavy atom. The van der Waals surface area contributed by atoms with Crippen LogP contribution in [-0.2, 0) is 29.1 Å². The Morgan fingerprint density at radius 1 is 1.14 bits per heavy atom. The number of fused-ring (bicyclic) bond motifs is 2. The van der Waals surface area contributed by atoms with Crippen molar-refractivity contribution in [2.45, 2.75) is 25.6 Å². The third-order valence-electron chi connectivity index (χ3n) is 6.11. The maximum atomic E-state index is 13.7. The van der Waals surface area contributed by atoms with E-state index in [9.17, 15) is 9.18 Å². The molecule has 3 heterocycles. The van der Waals surface area contributed by atoms with Gasteiger partial charge in [0.25, 0.3) is 6.01 Å². The van der Waals surface area contributed by atoms with Crippen LogP contribution in [0.15, 0.2) is 53.1 Å². The van der Waals surface area contributed by atoms with Crippen LogP contribution < -0.4 is 19.1 Å². The minimum Gasteiger partial charge on any atom is -0.495 e. The Kier molecular flexibility index (Phi) is 6.32. The number of hydrogen-bond donors (Lipinski definition) is 0. The molecule has 4 aromatic rings. The summed E-state index contributed by atoms with van der Waals surface area (Å²) in [5, 5.41) is 0. The van der Waals surface area contributed by atoms with E-state index in [2.05, 4.69) is 9.97 Å². The van der Waals surface area contributed by atoms with Crippen molar-refractivity contribution in [3.8, 4) is 17.2 Å². The highest BCUT2D eigenvalue weighted by molar-refractivity contribution is 5.82. The lowest BCUT2D eigenvalue weighted by molar-refractivity contribution is -0.142. The molecule has 2 aromatic carbocycles. The van der Waals surface area contributed by atoms with Gasteiger partial charge in [-0.05, 0) is 35.9 Å². The minimum absolute atomic E-state index is 0.195. The van der Waals surface area contributed by atoms with E-state index in [0.29, 0.717) is 40.6 Å². The van der Waals surface area contributed by atoms with Crippen molar-refractivity contribution >= 4 is 23.1 Å². The average Bonchev–Trinajstić information content (AvgIpc) is 3.33. The Labute approximate surface area is 206 Å². The van der Waals surface area contributed by atoms with Crippen LogP contribution in [0.3, 0.4) is 0 Å². The highest BCUT2D eigenvalue weighted by atomic mass is 19.1. The van der Waals surface area contributed by atoms with E-state index in [1.54, 1.807) is 31.4 Å². The lowest BCUT2D eigenvalue weighted by atomic mass is 9.92. The van der Waals surface area contributed by atoms with Crippen LogP contribution in [0.4, 0.5) is 10.4 Å². The van der Waals surface area contributed by atoms with Crippen LogP contribution in [0.25, 0.3) is 11.1 Å². The first-order valence-electron chi connectivity index (χ1n) is 11.2. The van der Waals surface area contributed by atoms with Crippen LogP contribution in [0.2, 0.25) is 0 Å². The maximum Gasteiger partial charge on any atom is 0.329 e. The van der Waals surface area contributed by atoms with E-state index in [-0.39, 0.29) is 19.0 Å². The van der Waals surface area contributed by atoms with Crippen LogP contribution in [0, 0.1) is 5.82 Å². The van der Waals surface area contributed by atoms with Crippen molar-refractivity contribution in [3.63, 3.8) is 0 Å². The first-order valence-corrected chi connectivity index (χ1v) is 11.2. The number of nitrogens with zero attached hydrogens (tertiary/aromatic N) is 3. The number of anilines is 1. The van der Waals surface area contributed by atoms with Gasteiger partial charge < -0.3 is 28.3 Å². The number of carbonyl (C=O) groups excluding carboxylic acids is 1. The lowest BCUT2D eigenvalue weighted by Crippen LogP contribution is -2.46. The van der Waals surface area contributed by atoms with Crippen LogP contribution >= 0.6 is 0 Å². The smallest absolute Gasteiger partial charge is 0.329 e. The van der Waals surface area contributed by atoms with E-state index < -0.39 is 17.8 Å². The Hall–Kier alpha value is -4.34. The van der Waals surface area contributed by atoms with Gasteiger partial charge in [0, 0.05) is 24.6 Å². The minimum atomic E-state index is -0.742. The highest BCUT2D eigenvalue weighted by Crippen LogP contribution is 2.40. The molecule has 1 atom stereocenters. The fourth-order valence-corrected chi connectivity index (χ4v) is 4.26. The number of pyridine rings is 1. The van der Waals surface area contributed by atoms with Crippen molar-refractivity contribution in [1.82, 2.24) is 9.97 Å². The highest BCUT2D eigenvalue weighted by Gasteiger charge is 2.37. The SMILES string of the molecule is COC(=O)[C@@H]1Cc2c(ccc(OC)c2OCc2ccc(OC)cn2)CN1c1nc2ccc(F)cc2o1. The van der Waals surface area contributed by atoms with Gasteiger partial charge in [-0.15, -0.1) is 0 Å². The number of carbonyl (C=O) groups is 1. The predicted octanol–water partition coefficient (Wildman–Crippen LogP) is 4.06. The summed E-state index contributed by atoms with van der Waals surface area (Å²) in [5.41, 5.74) is 3.21. The van der Waals surface area contributed by atoms with Gasteiger partial charge in [0.15, 0.2) is 17.1 Å². The molecule has 5 rings (SSSR count). The molecular weight excluding hydrogens is 469 g/mol. The van der Waals surface area contributed by atoms with Crippen molar-refractivity contribution < 1.29 is 32.5 Å². The monoisotopic (exact) mass is 493 g/mol. The van der Waals surface area contributed by atoms with Crippen LogP contribution in [0.1, 0.15) is 16.8 Å². The summed E-state index contributed by atoms with van der Waals surface area (Å²) in [4.78, 5) is 23.4. The number of ether oxygens (including phenoxy) is 4. The van der Waals surface area contributed by atoms with Gasteiger partial charge in [-0.25, -0.2) is 9.18 Å². The molecule has 0 saturated carbocycles. The Morgan fingerprint density at radius 3 is 2.72 bits per heavy atom. The number of oxazole rings is 1. The molecule has 1 aliphatic heterocycles. The second kappa shape index (κ2) is 9.73. The number of esters is 1. The number of aromatic nitrogens is 2. The zero-order chi connectivity index (χ0) is 25.2. The first kappa shape index (κ1) is 23.4. The van der Waals surface area contributed by atoms with Crippen LogP contribution in [-0.4, -0.2) is 43.3 Å². The summed E-state index contributed by atoms with van der Waals surface area (Å²) in [7, 11) is 4.47. The quantitative estimate of drug-likeness (QED) is 0.353. The van der Waals surface area contributed by atoms with E-state index in [4.69, 9.17) is 23.4 Å². The molecule has 186 valence electrons. The largest absolute Gasteiger partial charge is 0.495 e. The number of methoxy groups -OCH3 is 3. The Balaban J connectivity index is 1.50. The van der Waals surface area contributed by atoms with E-state index in [1.807, 2.05) is 18.2 Å². The standard InChI is InChI=1S/C26H24FN3O6/c1-32-18-7-6-17(28-12-18)14-35-24-19-11-21(25(31)34-3)30(13-15(19)4-9-22(24)33-2)26-29-20-8-5-16(27)10-23(20)36-26/h4-10,12,21H,11,13-14H2,1-3H3/t21-/m0/s1. The zero-order valence-corrected chi connectivity index (χ0v) is 20.0. The average molecular weight is 493 g/mol. The number of rotatable bonds is 7. The summed E-state index contributed by atoms with van der Waals surface area (Å²) in [6, 6.07) is 10.9. The molecule has 0 amide bonds. The second-order valence-corrected chi connectivity index (χ2v) is 8.19. The molecule has 0 N–H and O–H groups in total. The third-order valence-corrected chi connectivity index (χ3v) is 6.11. The van der Waals surface area contributed by atoms with Crippen molar-refractivity contribution in [3.05, 3.63) is 71.3 Å². The van der Waals surface area contributed by atoms with Gasteiger partial charge in [-0.1, -0.05) is 6.07 Å². The zero-order valence-electron chi connectivity index (χ0n) is 20.0. The van der Waals surface area contributed by atoms with Gasteiger partial charge in [0.05, 0.1) is 33.2 Å². The summed E-state index contributed by atoms with van der Waals surface area (Å²) < 4.78 is 41.5. The summed E-state index contributed by atoms with van der Waals surface area (Å²) >= 11 is 0. The second-order valence-electron chi connectivity index (χ2n) is 8.19. The van der Waals surface area contributed by atoms with Gasteiger partial charge >= 0.3 is 5.97 Å². The van der Waals surface area contributed by atoms with E-state index >= 15 is 0 Å². The molecule has 0 bridgehead atoms. The van der Waals surface area contributed by atoms with E-state index in [1.165, 1.54) is 25.3 Å². The molecule has 0 fully saturated rings. The fourth-order valence-electron chi connectivity index (χ4n) is 4.26. The maximum absolute atomic E-state index is 13.7. The molecule has 10 heteroatoms. The van der Waals surface area contributed by atoms with Crippen molar-refractivity contribution in [2.75, 3.05) is 26.2 Å². The molecule has 0 saturated heterocycles.